The van der Waals surface area contributed by atoms with Crippen molar-refractivity contribution in [3.05, 3.63) is 36.1 Å². The highest BCUT2D eigenvalue weighted by atomic mass is 15.1. The first-order valence-electron chi connectivity index (χ1n) is 6.44. The monoisotopic (exact) mass is 219 g/mol. The normalized spacial score (nSPS) is 22.1. The highest BCUT2D eigenvalue weighted by molar-refractivity contribution is 5.25. The Morgan fingerprint density at radius 3 is 2.69 bits per heavy atom. The van der Waals surface area contributed by atoms with Gasteiger partial charge in [0.1, 0.15) is 0 Å². The maximum Gasteiger partial charge on any atom is 0.0293 e. The second-order valence-electron chi connectivity index (χ2n) is 4.78. The molecule has 0 N–H and O–H groups in total. The Morgan fingerprint density at radius 2 is 2.19 bits per heavy atom. The molecule has 1 heteroatoms. The van der Waals surface area contributed by atoms with Crippen LogP contribution in [0.25, 0.3) is 0 Å². The summed E-state index contributed by atoms with van der Waals surface area (Å²) in [5, 5.41) is 0. The number of nitrogens with zero attached hydrogens (tertiary/aromatic N) is 1. The lowest BCUT2D eigenvalue weighted by atomic mass is 10.1. The van der Waals surface area contributed by atoms with E-state index in [0.717, 1.165) is 12.3 Å². The molecule has 1 unspecified atom stereocenters. The van der Waals surface area contributed by atoms with Crippen molar-refractivity contribution in [1.82, 2.24) is 4.90 Å². The molecule has 1 aliphatic heterocycles. The molecule has 0 radical (unpaired) electrons. The standard InChI is InChI=1S/C15H25N/c1-5-7-15(6-2)9-8-14(4)16-11-10-13(3)12-16/h6,8-9,13H,4-5,7,10-12H2,1-3H3/b9-8-,15-6-. The van der Waals surface area contributed by atoms with Gasteiger partial charge in [0.2, 0.25) is 0 Å². The zero-order valence-corrected chi connectivity index (χ0v) is 11.0. The summed E-state index contributed by atoms with van der Waals surface area (Å²) in [7, 11) is 0. The van der Waals surface area contributed by atoms with Crippen LogP contribution in [0.4, 0.5) is 0 Å². The molecule has 0 aromatic heterocycles. The van der Waals surface area contributed by atoms with Gasteiger partial charge < -0.3 is 4.90 Å². The molecule has 1 rings (SSSR count). The van der Waals surface area contributed by atoms with Gasteiger partial charge in [0.15, 0.2) is 0 Å². The van der Waals surface area contributed by atoms with Crippen molar-refractivity contribution >= 4 is 0 Å². The van der Waals surface area contributed by atoms with Crippen LogP contribution in [-0.4, -0.2) is 18.0 Å². The summed E-state index contributed by atoms with van der Waals surface area (Å²) in [5.74, 6) is 0.821. The maximum absolute atomic E-state index is 4.15. The van der Waals surface area contributed by atoms with Crippen molar-refractivity contribution in [3.63, 3.8) is 0 Å². The van der Waals surface area contributed by atoms with E-state index in [1.165, 1.54) is 37.2 Å². The van der Waals surface area contributed by atoms with Gasteiger partial charge in [0.25, 0.3) is 0 Å². The fraction of sp³-hybridized carbons (Fsp3) is 0.600. The summed E-state index contributed by atoms with van der Waals surface area (Å²) in [6.45, 7) is 13.1. The Morgan fingerprint density at radius 1 is 1.44 bits per heavy atom. The largest absolute Gasteiger partial charge is 0.372 e. The average Bonchev–Trinajstić information content (AvgIpc) is 2.70. The topological polar surface area (TPSA) is 3.24 Å². The molecular weight excluding hydrogens is 194 g/mol. The lowest BCUT2D eigenvalue weighted by Gasteiger charge is -2.18. The zero-order chi connectivity index (χ0) is 12.0. The van der Waals surface area contributed by atoms with Crippen LogP contribution >= 0.6 is 0 Å². The third-order valence-corrected chi connectivity index (χ3v) is 3.23. The molecule has 1 atom stereocenters. The minimum absolute atomic E-state index is 0.821. The van der Waals surface area contributed by atoms with E-state index in [2.05, 4.69) is 50.5 Å². The first kappa shape index (κ1) is 13.1. The lowest BCUT2D eigenvalue weighted by molar-refractivity contribution is 0.424. The summed E-state index contributed by atoms with van der Waals surface area (Å²) >= 11 is 0. The van der Waals surface area contributed by atoms with Crippen LogP contribution in [-0.2, 0) is 0 Å². The maximum atomic E-state index is 4.15. The molecule has 16 heavy (non-hydrogen) atoms. The van der Waals surface area contributed by atoms with Crippen LogP contribution in [0, 0.1) is 5.92 Å². The third kappa shape index (κ3) is 3.88. The molecular formula is C15H25N. The van der Waals surface area contributed by atoms with Gasteiger partial charge >= 0.3 is 0 Å². The van der Waals surface area contributed by atoms with Gasteiger partial charge in [0.05, 0.1) is 0 Å². The van der Waals surface area contributed by atoms with Crippen molar-refractivity contribution in [2.24, 2.45) is 5.92 Å². The molecule has 1 fully saturated rings. The summed E-state index contributed by atoms with van der Waals surface area (Å²) in [5.41, 5.74) is 2.58. The number of allylic oxidation sites excluding steroid dienone is 4. The van der Waals surface area contributed by atoms with E-state index < -0.39 is 0 Å². The second-order valence-corrected chi connectivity index (χ2v) is 4.78. The van der Waals surface area contributed by atoms with E-state index in [-0.39, 0.29) is 0 Å². The third-order valence-electron chi connectivity index (χ3n) is 3.23. The predicted octanol–water partition coefficient (Wildman–Crippen LogP) is 4.14. The fourth-order valence-electron chi connectivity index (χ4n) is 2.12. The van der Waals surface area contributed by atoms with Gasteiger partial charge in [0, 0.05) is 18.8 Å². The molecule has 0 bridgehead atoms. The van der Waals surface area contributed by atoms with Gasteiger partial charge in [-0.1, -0.05) is 44.6 Å². The Bertz CT molecular complexity index is 286. The Labute approximate surface area is 101 Å². The van der Waals surface area contributed by atoms with Crippen LogP contribution in [0.5, 0.6) is 0 Å². The minimum Gasteiger partial charge on any atom is -0.372 e. The van der Waals surface area contributed by atoms with Crippen LogP contribution < -0.4 is 0 Å². The van der Waals surface area contributed by atoms with Crippen LogP contribution in [0.1, 0.15) is 40.0 Å². The fourth-order valence-corrected chi connectivity index (χ4v) is 2.12. The van der Waals surface area contributed by atoms with Crippen molar-refractivity contribution in [2.75, 3.05) is 13.1 Å². The molecule has 0 spiro atoms. The smallest absolute Gasteiger partial charge is 0.0293 e. The van der Waals surface area contributed by atoms with E-state index in [1.807, 2.05) is 0 Å². The van der Waals surface area contributed by atoms with E-state index in [1.54, 1.807) is 0 Å². The summed E-state index contributed by atoms with van der Waals surface area (Å²) in [6, 6.07) is 0. The molecule has 0 aromatic carbocycles. The lowest BCUT2D eigenvalue weighted by Crippen LogP contribution is -2.17. The molecule has 1 heterocycles. The highest BCUT2D eigenvalue weighted by Gasteiger charge is 2.18. The summed E-state index contributed by atoms with van der Waals surface area (Å²) in [4.78, 5) is 2.39. The number of hydrogen-bond acceptors (Lipinski definition) is 1. The van der Waals surface area contributed by atoms with Gasteiger partial charge in [-0.3, -0.25) is 0 Å². The molecule has 1 saturated heterocycles. The molecule has 0 amide bonds. The van der Waals surface area contributed by atoms with Crippen molar-refractivity contribution < 1.29 is 0 Å². The Kier molecular flexibility index (Phi) is 5.37. The molecule has 1 aliphatic rings. The summed E-state index contributed by atoms with van der Waals surface area (Å²) < 4.78 is 0. The minimum atomic E-state index is 0.821. The van der Waals surface area contributed by atoms with Crippen molar-refractivity contribution in [2.45, 2.75) is 40.0 Å². The zero-order valence-electron chi connectivity index (χ0n) is 11.0. The van der Waals surface area contributed by atoms with E-state index in [9.17, 15) is 0 Å². The van der Waals surface area contributed by atoms with Crippen LogP contribution in [0.2, 0.25) is 0 Å². The van der Waals surface area contributed by atoms with Crippen molar-refractivity contribution in [3.8, 4) is 0 Å². The first-order chi connectivity index (χ1) is 7.67. The van der Waals surface area contributed by atoms with Crippen molar-refractivity contribution in [1.29, 1.82) is 0 Å². The molecule has 0 aliphatic carbocycles. The second kappa shape index (κ2) is 6.57. The number of hydrogen-bond donors (Lipinski definition) is 0. The SMILES string of the molecule is C=C(/C=C\C(=C/C)CCC)N1CCC(C)C1. The Hall–Kier alpha value is -0.980. The van der Waals surface area contributed by atoms with Gasteiger partial charge in [-0.05, 0) is 31.8 Å². The quantitative estimate of drug-likeness (QED) is 0.628. The van der Waals surface area contributed by atoms with E-state index in [0.29, 0.717) is 0 Å². The Balaban J connectivity index is 2.47. The van der Waals surface area contributed by atoms with Gasteiger partial charge in [-0.15, -0.1) is 0 Å². The van der Waals surface area contributed by atoms with Gasteiger partial charge in [-0.2, -0.15) is 0 Å². The van der Waals surface area contributed by atoms with Crippen LogP contribution in [0.15, 0.2) is 36.1 Å². The number of rotatable bonds is 5. The molecule has 0 aromatic rings. The molecule has 0 saturated carbocycles. The average molecular weight is 219 g/mol. The van der Waals surface area contributed by atoms with E-state index in [4.69, 9.17) is 0 Å². The predicted molar refractivity (Wildman–Crippen MR) is 72.3 cm³/mol. The van der Waals surface area contributed by atoms with E-state index >= 15 is 0 Å². The highest BCUT2D eigenvalue weighted by Crippen LogP contribution is 2.20. The molecule has 1 nitrogen and oxygen atoms in total. The summed E-state index contributed by atoms with van der Waals surface area (Å²) in [6.07, 6.45) is 10.3. The molecule has 90 valence electrons. The number of likely N-dealkylation sites (tertiary alicyclic amines) is 1. The first-order valence-corrected chi connectivity index (χ1v) is 6.44. The van der Waals surface area contributed by atoms with Gasteiger partial charge in [-0.25, -0.2) is 0 Å². The van der Waals surface area contributed by atoms with Crippen LogP contribution in [0.3, 0.4) is 0 Å².